The summed E-state index contributed by atoms with van der Waals surface area (Å²) in [5.41, 5.74) is 3.88. The maximum atomic E-state index is 12.5. The van der Waals surface area contributed by atoms with Gasteiger partial charge in [0.1, 0.15) is 17.1 Å². The van der Waals surface area contributed by atoms with Gasteiger partial charge in [-0.1, -0.05) is 35.4 Å². The molecular weight excluding hydrogens is 518 g/mol. The van der Waals surface area contributed by atoms with Gasteiger partial charge in [0.15, 0.2) is 11.5 Å². The van der Waals surface area contributed by atoms with Crippen molar-refractivity contribution < 1.29 is 19.4 Å². The van der Waals surface area contributed by atoms with E-state index >= 15 is 0 Å². The molecule has 1 unspecified atom stereocenters. The van der Waals surface area contributed by atoms with E-state index in [2.05, 4.69) is 26.8 Å². The van der Waals surface area contributed by atoms with Gasteiger partial charge in [0, 0.05) is 30.6 Å². The first-order valence-electron chi connectivity index (χ1n) is 13.1. The summed E-state index contributed by atoms with van der Waals surface area (Å²) in [6, 6.07) is 13.7. The van der Waals surface area contributed by atoms with Crippen molar-refractivity contribution in [2.24, 2.45) is 5.92 Å². The minimum atomic E-state index is -0.628. The quantitative estimate of drug-likeness (QED) is 0.192. The fraction of sp³-hybridized carbons (Fsp3) is 0.379. The highest BCUT2D eigenvalue weighted by Gasteiger charge is 2.30. The highest BCUT2D eigenvalue weighted by molar-refractivity contribution is 6.30. The number of carbonyl (C=O) groups is 1. The van der Waals surface area contributed by atoms with Gasteiger partial charge in [0.25, 0.3) is 0 Å². The molecule has 39 heavy (non-hydrogen) atoms. The second-order valence-corrected chi connectivity index (χ2v) is 10.3. The van der Waals surface area contributed by atoms with E-state index in [4.69, 9.17) is 26.1 Å². The van der Waals surface area contributed by atoms with Crippen molar-refractivity contribution in [1.82, 2.24) is 19.5 Å². The van der Waals surface area contributed by atoms with Crippen LogP contribution in [0.3, 0.4) is 0 Å². The molecule has 9 nitrogen and oxygen atoms in total. The summed E-state index contributed by atoms with van der Waals surface area (Å²) in [6.45, 7) is 4.99. The van der Waals surface area contributed by atoms with Gasteiger partial charge in [0.2, 0.25) is 5.82 Å². The number of hydrogen-bond acceptors (Lipinski definition) is 8. The van der Waals surface area contributed by atoms with Gasteiger partial charge < -0.3 is 24.5 Å². The number of aliphatic hydroxyl groups is 1. The van der Waals surface area contributed by atoms with Crippen molar-refractivity contribution in [3.63, 3.8) is 0 Å². The maximum absolute atomic E-state index is 12.5. The molecule has 1 aliphatic rings. The van der Waals surface area contributed by atoms with E-state index in [0.717, 1.165) is 29.5 Å². The monoisotopic (exact) mass is 549 g/mol. The zero-order valence-corrected chi connectivity index (χ0v) is 23.0. The Hall–Kier alpha value is -3.69. The second kappa shape index (κ2) is 11.6. The van der Waals surface area contributed by atoms with Crippen molar-refractivity contribution in [1.29, 1.82) is 0 Å². The Bertz CT molecular complexity index is 1480. The van der Waals surface area contributed by atoms with Crippen LogP contribution in [-0.4, -0.2) is 57.0 Å². The Morgan fingerprint density at radius 3 is 2.64 bits per heavy atom. The Labute approximate surface area is 232 Å². The van der Waals surface area contributed by atoms with Crippen molar-refractivity contribution in [2.45, 2.75) is 45.7 Å². The number of carbonyl (C=O) groups excluding carboxylic acids is 1. The number of aliphatic hydroxyl groups excluding tert-OH is 1. The average molecular weight is 550 g/mol. The first kappa shape index (κ1) is 26.9. The number of hydrogen-bond donors (Lipinski definition) is 2. The molecule has 0 spiro atoms. The molecule has 0 aliphatic heterocycles. The molecule has 5 rings (SSSR count). The number of nitrogens with one attached hydrogen (secondary N) is 1. The fourth-order valence-electron chi connectivity index (χ4n) is 4.57. The minimum absolute atomic E-state index is 0.0381. The number of benzene rings is 2. The number of aromatic nitrogens is 4. The minimum Gasteiger partial charge on any atom is -0.493 e. The molecule has 0 amide bonds. The summed E-state index contributed by atoms with van der Waals surface area (Å²) < 4.78 is 13.1. The van der Waals surface area contributed by atoms with Crippen LogP contribution < -0.4 is 10.1 Å². The molecule has 10 heteroatoms. The predicted molar refractivity (Wildman–Crippen MR) is 150 cm³/mol. The summed E-state index contributed by atoms with van der Waals surface area (Å²) in [7, 11) is 1.31. The van der Waals surface area contributed by atoms with Gasteiger partial charge in [-0.2, -0.15) is 0 Å². The van der Waals surface area contributed by atoms with Gasteiger partial charge >= 0.3 is 5.97 Å². The lowest BCUT2D eigenvalue weighted by Crippen LogP contribution is -2.21. The molecule has 2 N–H and O–H groups in total. The van der Waals surface area contributed by atoms with Crippen molar-refractivity contribution >= 4 is 34.6 Å². The van der Waals surface area contributed by atoms with E-state index in [0.29, 0.717) is 59.1 Å². The molecule has 1 fully saturated rings. The van der Waals surface area contributed by atoms with Crippen molar-refractivity contribution in [3.8, 4) is 17.1 Å². The lowest BCUT2D eigenvalue weighted by Gasteiger charge is -2.18. The van der Waals surface area contributed by atoms with Gasteiger partial charge in [-0.05, 0) is 62.4 Å². The Kier molecular flexibility index (Phi) is 7.99. The first-order valence-corrected chi connectivity index (χ1v) is 13.5. The van der Waals surface area contributed by atoms with Gasteiger partial charge in [-0.15, -0.1) is 0 Å². The Morgan fingerprint density at radius 2 is 1.95 bits per heavy atom. The number of anilines is 1. The van der Waals surface area contributed by atoms with E-state index in [1.807, 2.05) is 49.4 Å². The Morgan fingerprint density at radius 1 is 1.18 bits per heavy atom. The standard InChI is InChI=1S/C29H32ClN5O4/c1-17-5-12-23(39-14-4-13-36)22(15-17)28-34-26-24(35(28)16-19-6-10-21(30)11-7-19)25(31-18(2)20-8-9-20)32-27(33-26)29(37)38-3/h5-7,10-12,15,18,20,36H,4,8-9,13-14,16H2,1-3H3,(H,31,32,33). The van der Waals surface area contributed by atoms with Gasteiger partial charge in [0.05, 0.1) is 19.3 Å². The summed E-state index contributed by atoms with van der Waals surface area (Å²) in [4.78, 5) is 26.6. The summed E-state index contributed by atoms with van der Waals surface area (Å²) >= 11 is 6.17. The molecule has 0 saturated heterocycles. The number of ether oxygens (including phenoxy) is 2. The molecule has 1 saturated carbocycles. The molecule has 1 aliphatic carbocycles. The van der Waals surface area contributed by atoms with E-state index in [9.17, 15) is 9.90 Å². The Balaban J connectivity index is 1.73. The van der Waals surface area contributed by atoms with Crippen LogP contribution in [-0.2, 0) is 11.3 Å². The van der Waals surface area contributed by atoms with Crippen LogP contribution in [0.5, 0.6) is 5.75 Å². The van der Waals surface area contributed by atoms with Crippen LogP contribution in [0.1, 0.15) is 47.9 Å². The largest absolute Gasteiger partial charge is 0.493 e. The molecule has 2 aromatic heterocycles. The maximum Gasteiger partial charge on any atom is 0.376 e. The first-order chi connectivity index (χ1) is 18.9. The average Bonchev–Trinajstić information content (AvgIpc) is 3.72. The van der Waals surface area contributed by atoms with Gasteiger partial charge in [-0.25, -0.2) is 19.7 Å². The van der Waals surface area contributed by atoms with Crippen LogP contribution in [0.15, 0.2) is 42.5 Å². The molecular formula is C29H32ClN5O4. The van der Waals surface area contributed by atoms with Crippen molar-refractivity contribution in [2.75, 3.05) is 25.6 Å². The highest BCUT2D eigenvalue weighted by atomic mass is 35.5. The normalized spacial score (nSPS) is 13.9. The lowest BCUT2D eigenvalue weighted by atomic mass is 10.1. The number of imidazole rings is 1. The number of methoxy groups -OCH3 is 1. The molecule has 2 heterocycles. The molecule has 0 radical (unpaired) electrons. The topological polar surface area (TPSA) is 111 Å². The second-order valence-electron chi connectivity index (χ2n) is 9.90. The number of halogens is 1. The number of esters is 1. The molecule has 204 valence electrons. The lowest BCUT2D eigenvalue weighted by molar-refractivity contribution is 0.0587. The summed E-state index contributed by atoms with van der Waals surface area (Å²) in [6.07, 6.45) is 2.81. The molecule has 2 aromatic carbocycles. The van der Waals surface area contributed by atoms with Crippen LogP contribution in [0.25, 0.3) is 22.6 Å². The van der Waals surface area contributed by atoms with E-state index < -0.39 is 5.97 Å². The molecule has 0 bridgehead atoms. The SMILES string of the molecule is COC(=O)c1nc(NC(C)C2CC2)c2c(n1)nc(-c1cc(C)ccc1OCCCO)n2Cc1ccc(Cl)cc1. The van der Waals surface area contributed by atoms with Crippen LogP contribution in [0, 0.1) is 12.8 Å². The highest BCUT2D eigenvalue weighted by Crippen LogP contribution is 2.37. The number of fused-ring (bicyclic) bond motifs is 1. The third-order valence-electron chi connectivity index (χ3n) is 6.85. The van der Waals surface area contributed by atoms with Crippen LogP contribution in [0.4, 0.5) is 5.82 Å². The molecule has 4 aromatic rings. The van der Waals surface area contributed by atoms with Gasteiger partial charge in [-0.3, -0.25) is 0 Å². The zero-order chi connectivity index (χ0) is 27.5. The zero-order valence-electron chi connectivity index (χ0n) is 22.3. The van der Waals surface area contributed by atoms with Crippen molar-refractivity contribution in [3.05, 3.63) is 64.4 Å². The third-order valence-corrected chi connectivity index (χ3v) is 7.11. The van der Waals surface area contributed by atoms with Crippen LogP contribution >= 0.6 is 11.6 Å². The third kappa shape index (κ3) is 5.99. The smallest absolute Gasteiger partial charge is 0.376 e. The summed E-state index contributed by atoms with van der Waals surface area (Å²) in [5, 5.41) is 13.5. The fourth-order valence-corrected chi connectivity index (χ4v) is 4.70. The number of rotatable bonds is 11. The summed E-state index contributed by atoms with van der Waals surface area (Å²) in [5.74, 6) is 1.66. The van der Waals surface area contributed by atoms with E-state index in [1.54, 1.807) is 0 Å². The number of aryl methyl sites for hydroxylation is 1. The van der Waals surface area contributed by atoms with E-state index in [1.165, 1.54) is 7.11 Å². The molecule has 1 atom stereocenters. The van der Waals surface area contributed by atoms with E-state index in [-0.39, 0.29) is 18.5 Å². The van der Waals surface area contributed by atoms with Crippen LogP contribution in [0.2, 0.25) is 5.02 Å². The predicted octanol–water partition coefficient (Wildman–Crippen LogP) is 5.26. The number of nitrogens with zero attached hydrogens (tertiary/aromatic N) is 4.